The predicted molar refractivity (Wildman–Crippen MR) is 125 cm³/mol. The van der Waals surface area contributed by atoms with Crippen molar-refractivity contribution in [1.82, 2.24) is 29.7 Å². The van der Waals surface area contributed by atoms with Gasteiger partial charge in [0.25, 0.3) is 0 Å². The number of pyridine rings is 1. The molecule has 6 rings (SSSR count). The van der Waals surface area contributed by atoms with E-state index in [2.05, 4.69) is 41.0 Å². The standard InChI is InChI=1S/C23H27N9/c24-15-4-3-11-31(14-15)21-8-7-20(29-30-21)27-23-26-12-18-17-9-10-25-13-19(17)32(22(18)28-23)16-5-1-2-6-16/h7-10,12-13,15-16H,1-6,11,14,24H2,(H,26,27,28,29). The molecule has 1 unspecified atom stereocenters. The van der Waals surface area contributed by atoms with Crippen LogP contribution in [0.1, 0.15) is 44.6 Å². The molecule has 0 aromatic carbocycles. The molecule has 2 aliphatic rings. The smallest absolute Gasteiger partial charge is 0.230 e. The first-order valence-electron chi connectivity index (χ1n) is 11.5. The summed E-state index contributed by atoms with van der Waals surface area (Å²) in [6.07, 6.45) is 12.7. The van der Waals surface area contributed by atoms with Crippen molar-refractivity contribution in [2.75, 3.05) is 23.3 Å². The molecule has 0 amide bonds. The number of nitrogens with zero attached hydrogens (tertiary/aromatic N) is 7. The third-order valence-corrected chi connectivity index (χ3v) is 6.71. The summed E-state index contributed by atoms with van der Waals surface area (Å²) in [4.78, 5) is 16.0. The highest BCUT2D eigenvalue weighted by Crippen LogP contribution is 2.37. The summed E-state index contributed by atoms with van der Waals surface area (Å²) in [6.45, 7) is 1.79. The number of hydrogen-bond acceptors (Lipinski definition) is 8. The molecule has 3 N–H and O–H groups in total. The van der Waals surface area contributed by atoms with E-state index in [1.807, 2.05) is 30.7 Å². The van der Waals surface area contributed by atoms with Gasteiger partial charge in [-0.3, -0.25) is 4.98 Å². The number of fused-ring (bicyclic) bond motifs is 3. The summed E-state index contributed by atoms with van der Waals surface area (Å²) in [5, 5.41) is 14.2. The van der Waals surface area contributed by atoms with Gasteiger partial charge >= 0.3 is 0 Å². The number of nitrogens with one attached hydrogen (secondary N) is 1. The second-order valence-electron chi connectivity index (χ2n) is 8.88. The maximum Gasteiger partial charge on any atom is 0.230 e. The second-order valence-corrected chi connectivity index (χ2v) is 8.88. The molecule has 1 aliphatic carbocycles. The van der Waals surface area contributed by atoms with Crippen LogP contribution in [0.2, 0.25) is 0 Å². The topological polar surface area (TPSA) is 111 Å². The Kier molecular flexibility index (Phi) is 4.83. The zero-order valence-electron chi connectivity index (χ0n) is 18.0. The molecule has 1 saturated carbocycles. The van der Waals surface area contributed by atoms with Gasteiger partial charge in [-0.15, -0.1) is 10.2 Å². The molecule has 4 aromatic heterocycles. The van der Waals surface area contributed by atoms with Gasteiger partial charge in [-0.2, -0.15) is 4.98 Å². The average molecular weight is 430 g/mol. The van der Waals surface area contributed by atoms with Crippen molar-refractivity contribution in [3.63, 3.8) is 0 Å². The number of piperidine rings is 1. The van der Waals surface area contributed by atoms with Crippen molar-refractivity contribution in [3.05, 3.63) is 36.8 Å². The van der Waals surface area contributed by atoms with E-state index >= 15 is 0 Å². The van der Waals surface area contributed by atoms with E-state index in [1.54, 1.807) is 0 Å². The maximum atomic E-state index is 6.10. The lowest BCUT2D eigenvalue weighted by atomic mass is 10.1. The van der Waals surface area contributed by atoms with Crippen molar-refractivity contribution in [2.45, 2.75) is 50.6 Å². The Morgan fingerprint density at radius 3 is 2.69 bits per heavy atom. The predicted octanol–water partition coefficient (Wildman–Crippen LogP) is 3.56. The number of nitrogens with two attached hydrogens (primary N) is 1. The Hall–Kier alpha value is -3.33. The van der Waals surface area contributed by atoms with E-state index in [9.17, 15) is 0 Å². The molecule has 0 bridgehead atoms. The first-order valence-corrected chi connectivity index (χ1v) is 11.5. The van der Waals surface area contributed by atoms with Crippen molar-refractivity contribution in [2.24, 2.45) is 5.73 Å². The molecule has 9 heteroatoms. The number of rotatable bonds is 4. The zero-order chi connectivity index (χ0) is 21.5. The van der Waals surface area contributed by atoms with Crippen molar-refractivity contribution in [3.8, 4) is 0 Å². The normalized spacial score (nSPS) is 19.8. The molecule has 9 nitrogen and oxygen atoms in total. The van der Waals surface area contributed by atoms with E-state index in [0.29, 0.717) is 17.8 Å². The lowest BCUT2D eigenvalue weighted by Crippen LogP contribution is -2.43. The Balaban J connectivity index is 1.31. The fraction of sp³-hybridized carbons (Fsp3) is 0.435. The lowest BCUT2D eigenvalue weighted by molar-refractivity contribution is 0.502. The van der Waals surface area contributed by atoms with Crippen LogP contribution in [-0.4, -0.2) is 48.8 Å². The van der Waals surface area contributed by atoms with E-state index in [-0.39, 0.29) is 6.04 Å². The average Bonchev–Trinajstić information content (AvgIpc) is 3.45. The van der Waals surface area contributed by atoms with Crippen LogP contribution in [-0.2, 0) is 0 Å². The van der Waals surface area contributed by atoms with Crippen LogP contribution in [0.25, 0.3) is 21.9 Å². The number of aromatic nitrogens is 6. The largest absolute Gasteiger partial charge is 0.354 e. The van der Waals surface area contributed by atoms with E-state index in [1.165, 1.54) is 25.7 Å². The second kappa shape index (κ2) is 7.98. The van der Waals surface area contributed by atoms with Crippen LogP contribution in [0.3, 0.4) is 0 Å². The van der Waals surface area contributed by atoms with Gasteiger partial charge in [0.05, 0.1) is 11.7 Å². The third kappa shape index (κ3) is 3.42. The summed E-state index contributed by atoms with van der Waals surface area (Å²) in [5.41, 5.74) is 8.18. The molecule has 2 fully saturated rings. The molecule has 0 spiro atoms. The lowest BCUT2D eigenvalue weighted by Gasteiger charge is -2.31. The maximum absolute atomic E-state index is 6.10. The molecule has 1 atom stereocenters. The SMILES string of the molecule is NC1CCCN(c2ccc(Nc3ncc4c5ccncc5n(C5CCCC5)c4n3)nn2)C1. The van der Waals surface area contributed by atoms with E-state index in [4.69, 9.17) is 10.7 Å². The summed E-state index contributed by atoms with van der Waals surface area (Å²) in [5.74, 6) is 2.00. The number of hydrogen-bond donors (Lipinski definition) is 2. The Labute approximate surface area is 186 Å². The first kappa shape index (κ1) is 19.4. The number of anilines is 3. The minimum Gasteiger partial charge on any atom is -0.354 e. The van der Waals surface area contributed by atoms with Crippen LogP contribution in [0, 0.1) is 0 Å². The molecule has 164 valence electrons. The fourth-order valence-corrected chi connectivity index (χ4v) is 5.15. The summed E-state index contributed by atoms with van der Waals surface area (Å²) in [6, 6.07) is 6.61. The van der Waals surface area contributed by atoms with Crippen molar-refractivity contribution >= 4 is 39.5 Å². The Bertz CT molecular complexity index is 1240. The fourth-order valence-electron chi connectivity index (χ4n) is 5.15. The van der Waals surface area contributed by atoms with Gasteiger partial charge in [0.15, 0.2) is 11.6 Å². The summed E-state index contributed by atoms with van der Waals surface area (Å²) >= 11 is 0. The first-order chi connectivity index (χ1) is 15.8. The molecular formula is C23H27N9. The van der Waals surface area contributed by atoms with Crippen LogP contribution >= 0.6 is 0 Å². The Morgan fingerprint density at radius 2 is 1.88 bits per heavy atom. The van der Waals surface area contributed by atoms with Crippen LogP contribution in [0.5, 0.6) is 0 Å². The molecular weight excluding hydrogens is 402 g/mol. The molecule has 1 aliphatic heterocycles. The zero-order valence-corrected chi connectivity index (χ0v) is 18.0. The molecule has 4 aromatic rings. The van der Waals surface area contributed by atoms with Crippen molar-refractivity contribution in [1.29, 1.82) is 0 Å². The highest BCUT2D eigenvalue weighted by Gasteiger charge is 2.23. The molecule has 1 saturated heterocycles. The summed E-state index contributed by atoms with van der Waals surface area (Å²) in [7, 11) is 0. The van der Waals surface area contributed by atoms with Gasteiger partial charge in [0.1, 0.15) is 5.65 Å². The van der Waals surface area contributed by atoms with Gasteiger partial charge < -0.3 is 20.5 Å². The van der Waals surface area contributed by atoms with E-state index in [0.717, 1.165) is 53.7 Å². The van der Waals surface area contributed by atoms with Gasteiger partial charge in [0, 0.05) is 48.3 Å². The Morgan fingerprint density at radius 1 is 0.969 bits per heavy atom. The van der Waals surface area contributed by atoms with Gasteiger partial charge in [-0.25, -0.2) is 4.98 Å². The van der Waals surface area contributed by atoms with E-state index < -0.39 is 0 Å². The van der Waals surface area contributed by atoms with Gasteiger partial charge in [-0.05, 0) is 43.9 Å². The third-order valence-electron chi connectivity index (χ3n) is 6.71. The highest BCUT2D eigenvalue weighted by atomic mass is 15.3. The van der Waals surface area contributed by atoms with Crippen molar-refractivity contribution < 1.29 is 0 Å². The minimum atomic E-state index is 0.199. The van der Waals surface area contributed by atoms with Gasteiger partial charge in [0.2, 0.25) is 5.95 Å². The minimum absolute atomic E-state index is 0.199. The molecule has 5 heterocycles. The highest BCUT2D eigenvalue weighted by molar-refractivity contribution is 6.06. The monoisotopic (exact) mass is 429 g/mol. The molecule has 0 radical (unpaired) electrons. The van der Waals surface area contributed by atoms with Gasteiger partial charge in [-0.1, -0.05) is 12.8 Å². The van der Waals surface area contributed by atoms with Crippen LogP contribution in [0.4, 0.5) is 17.6 Å². The molecule has 32 heavy (non-hydrogen) atoms. The van der Waals surface area contributed by atoms with Crippen LogP contribution < -0.4 is 16.0 Å². The van der Waals surface area contributed by atoms with Crippen LogP contribution in [0.15, 0.2) is 36.8 Å². The summed E-state index contributed by atoms with van der Waals surface area (Å²) < 4.78 is 2.35. The quantitative estimate of drug-likeness (QED) is 0.507.